The monoisotopic (exact) mass is 381 g/mol. The van der Waals surface area contributed by atoms with Gasteiger partial charge in [0.05, 0.1) is 23.9 Å². The Morgan fingerprint density at radius 1 is 1.27 bits per heavy atom. The van der Waals surface area contributed by atoms with E-state index in [1.165, 1.54) is 10.9 Å². The number of halogens is 1. The lowest BCUT2D eigenvalue weighted by Gasteiger charge is -2.21. The van der Waals surface area contributed by atoms with Gasteiger partial charge in [0, 0.05) is 18.7 Å². The summed E-state index contributed by atoms with van der Waals surface area (Å²) >= 11 is 6.17. The van der Waals surface area contributed by atoms with Crippen LogP contribution in [0.25, 0.3) is 0 Å². The summed E-state index contributed by atoms with van der Waals surface area (Å²) in [5.74, 6) is 0.643. The van der Waals surface area contributed by atoms with Crippen LogP contribution in [0, 0.1) is 6.92 Å². The van der Waals surface area contributed by atoms with Gasteiger partial charge >= 0.3 is 0 Å². The quantitative estimate of drug-likeness (QED) is 0.742. The summed E-state index contributed by atoms with van der Waals surface area (Å²) in [6.07, 6.45) is 1.94. The highest BCUT2D eigenvalue weighted by molar-refractivity contribution is 6.31. The fourth-order valence-electron chi connectivity index (χ4n) is 2.18. The second-order valence-corrected chi connectivity index (χ2v) is 7.22. The zero-order valence-electron chi connectivity index (χ0n) is 15.5. The average molecular weight is 382 g/mol. The molecule has 0 unspecified atom stereocenters. The lowest BCUT2D eigenvalue weighted by molar-refractivity contribution is 0.223. The SMILES string of the molecule is Cc1ccc(COc2cnn(C(C)(C)C)c(=O)c2Cl)c(OCCCO)n1. The van der Waals surface area contributed by atoms with Gasteiger partial charge < -0.3 is 14.6 Å². The second kappa shape index (κ2) is 8.51. The van der Waals surface area contributed by atoms with E-state index in [1.54, 1.807) is 0 Å². The Labute approximate surface area is 157 Å². The molecule has 2 heterocycles. The highest BCUT2D eigenvalue weighted by atomic mass is 35.5. The third-order valence-electron chi connectivity index (χ3n) is 3.53. The van der Waals surface area contributed by atoms with Crippen LogP contribution in [0.1, 0.15) is 38.4 Å². The number of hydrogen-bond acceptors (Lipinski definition) is 6. The van der Waals surface area contributed by atoms with Crippen molar-refractivity contribution in [2.45, 2.75) is 46.3 Å². The molecule has 0 radical (unpaired) electrons. The molecular weight excluding hydrogens is 358 g/mol. The van der Waals surface area contributed by atoms with Gasteiger partial charge in [-0.15, -0.1) is 0 Å². The molecule has 0 amide bonds. The Balaban J connectivity index is 2.19. The third kappa shape index (κ3) is 4.95. The van der Waals surface area contributed by atoms with E-state index in [0.717, 1.165) is 5.69 Å². The van der Waals surface area contributed by atoms with Crippen molar-refractivity contribution in [1.82, 2.24) is 14.8 Å². The Hall–Kier alpha value is -2.12. The standard InChI is InChI=1S/C18H24ClN3O4/c1-12-6-7-13(16(21-12)25-9-5-8-23)11-26-14-10-20-22(18(2,3)4)17(24)15(14)19/h6-7,10,23H,5,8-9,11H2,1-4H3. The van der Waals surface area contributed by atoms with E-state index < -0.39 is 11.1 Å². The molecule has 0 aliphatic rings. The summed E-state index contributed by atoms with van der Waals surface area (Å²) in [5.41, 5.74) is 0.636. The van der Waals surface area contributed by atoms with Crippen LogP contribution in [0.3, 0.4) is 0 Å². The highest BCUT2D eigenvalue weighted by Gasteiger charge is 2.20. The number of aromatic nitrogens is 3. The van der Waals surface area contributed by atoms with Gasteiger partial charge in [-0.05, 0) is 39.8 Å². The molecule has 2 aromatic heterocycles. The zero-order valence-corrected chi connectivity index (χ0v) is 16.2. The molecule has 7 nitrogen and oxygen atoms in total. The lowest BCUT2D eigenvalue weighted by Crippen LogP contribution is -2.36. The summed E-state index contributed by atoms with van der Waals surface area (Å²) in [4.78, 5) is 16.7. The highest BCUT2D eigenvalue weighted by Crippen LogP contribution is 2.24. The molecule has 0 saturated carbocycles. The van der Waals surface area contributed by atoms with Crippen LogP contribution < -0.4 is 15.0 Å². The topological polar surface area (TPSA) is 86.5 Å². The van der Waals surface area contributed by atoms with Crippen LogP contribution >= 0.6 is 11.6 Å². The van der Waals surface area contributed by atoms with Crippen molar-refractivity contribution in [2.75, 3.05) is 13.2 Å². The minimum Gasteiger partial charge on any atom is -0.485 e. The fraction of sp³-hybridized carbons (Fsp3) is 0.500. The molecule has 142 valence electrons. The number of hydrogen-bond donors (Lipinski definition) is 1. The Bertz CT molecular complexity index is 815. The van der Waals surface area contributed by atoms with Crippen molar-refractivity contribution < 1.29 is 14.6 Å². The van der Waals surface area contributed by atoms with Gasteiger partial charge in [-0.3, -0.25) is 4.79 Å². The maximum Gasteiger partial charge on any atom is 0.289 e. The first kappa shape index (κ1) is 20.2. The van der Waals surface area contributed by atoms with Crippen molar-refractivity contribution in [3.05, 3.63) is 45.0 Å². The van der Waals surface area contributed by atoms with Crippen molar-refractivity contribution in [2.24, 2.45) is 0 Å². The van der Waals surface area contributed by atoms with Gasteiger partial charge in [0.2, 0.25) is 5.88 Å². The molecule has 2 rings (SSSR count). The number of pyridine rings is 1. The minimum atomic E-state index is -0.478. The average Bonchev–Trinajstić information content (AvgIpc) is 2.56. The summed E-state index contributed by atoms with van der Waals surface area (Å²) < 4.78 is 12.6. The summed E-state index contributed by atoms with van der Waals surface area (Å²) in [5, 5.41) is 13.0. The first-order valence-electron chi connectivity index (χ1n) is 8.35. The third-order valence-corrected chi connectivity index (χ3v) is 3.87. The Morgan fingerprint density at radius 3 is 2.65 bits per heavy atom. The lowest BCUT2D eigenvalue weighted by atomic mass is 10.1. The van der Waals surface area contributed by atoms with Gasteiger partial charge in [0.25, 0.3) is 5.56 Å². The summed E-state index contributed by atoms with van der Waals surface area (Å²) in [6.45, 7) is 7.98. The van der Waals surface area contributed by atoms with Crippen LogP contribution in [0.2, 0.25) is 5.02 Å². The molecule has 0 spiro atoms. The smallest absolute Gasteiger partial charge is 0.289 e. The van der Waals surface area contributed by atoms with Gasteiger partial charge in [-0.2, -0.15) is 5.10 Å². The number of aryl methyl sites for hydroxylation is 1. The fourth-order valence-corrected chi connectivity index (χ4v) is 2.36. The van der Waals surface area contributed by atoms with Crippen LogP contribution in [0.15, 0.2) is 23.1 Å². The van der Waals surface area contributed by atoms with E-state index in [0.29, 0.717) is 24.5 Å². The zero-order chi connectivity index (χ0) is 19.3. The minimum absolute atomic E-state index is 0.0160. The molecule has 0 aliphatic carbocycles. The molecule has 2 aromatic rings. The second-order valence-electron chi connectivity index (χ2n) is 6.84. The van der Waals surface area contributed by atoms with Crippen LogP contribution in [-0.4, -0.2) is 33.1 Å². The molecule has 1 N–H and O–H groups in total. The van der Waals surface area contributed by atoms with Crippen LogP contribution in [0.5, 0.6) is 11.6 Å². The first-order valence-corrected chi connectivity index (χ1v) is 8.73. The number of ether oxygens (including phenoxy) is 2. The van der Waals surface area contributed by atoms with E-state index in [-0.39, 0.29) is 24.0 Å². The first-order chi connectivity index (χ1) is 12.2. The molecule has 0 aromatic carbocycles. The Morgan fingerprint density at radius 2 is 2.00 bits per heavy atom. The number of aliphatic hydroxyl groups is 1. The molecule has 0 fully saturated rings. The van der Waals surface area contributed by atoms with E-state index in [9.17, 15) is 4.79 Å². The number of rotatable bonds is 7. The van der Waals surface area contributed by atoms with Crippen LogP contribution in [-0.2, 0) is 12.1 Å². The molecule has 8 heteroatoms. The summed E-state index contributed by atoms with van der Waals surface area (Å²) in [6, 6.07) is 3.68. The normalized spacial score (nSPS) is 11.5. The molecule has 26 heavy (non-hydrogen) atoms. The van der Waals surface area contributed by atoms with Gasteiger partial charge in [0.15, 0.2) is 10.8 Å². The molecule has 0 bridgehead atoms. The largest absolute Gasteiger partial charge is 0.485 e. The maximum atomic E-state index is 12.4. The molecule has 0 saturated heterocycles. The van der Waals surface area contributed by atoms with Crippen LogP contribution in [0.4, 0.5) is 0 Å². The van der Waals surface area contributed by atoms with Crippen molar-refractivity contribution >= 4 is 11.6 Å². The number of aliphatic hydroxyl groups excluding tert-OH is 1. The molecule has 0 atom stereocenters. The van der Waals surface area contributed by atoms with Gasteiger partial charge in [0.1, 0.15) is 6.61 Å². The predicted molar refractivity (Wildman–Crippen MR) is 99.0 cm³/mol. The van der Waals surface area contributed by atoms with E-state index in [1.807, 2.05) is 39.8 Å². The van der Waals surface area contributed by atoms with Crippen molar-refractivity contribution in [3.8, 4) is 11.6 Å². The van der Waals surface area contributed by atoms with E-state index in [2.05, 4.69) is 10.1 Å². The van der Waals surface area contributed by atoms with Gasteiger partial charge in [-0.1, -0.05) is 11.6 Å². The van der Waals surface area contributed by atoms with E-state index in [4.69, 9.17) is 26.2 Å². The predicted octanol–water partition coefficient (Wildman–Crippen LogP) is 2.70. The Kier molecular flexibility index (Phi) is 6.61. The van der Waals surface area contributed by atoms with Crippen molar-refractivity contribution in [3.63, 3.8) is 0 Å². The molecule has 0 aliphatic heterocycles. The summed E-state index contributed by atoms with van der Waals surface area (Å²) in [7, 11) is 0. The number of nitrogens with zero attached hydrogens (tertiary/aromatic N) is 3. The van der Waals surface area contributed by atoms with Gasteiger partial charge in [-0.25, -0.2) is 9.67 Å². The maximum absolute atomic E-state index is 12.4. The van der Waals surface area contributed by atoms with E-state index >= 15 is 0 Å². The molecular formula is C18H24ClN3O4. The van der Waals surface area contributed by atoms with Crippen molar-refractivity contribution in [1.29, 1.82) is 0 Å².